The summed E-state index contributed by atoms with van der Waals surface area (Å²) >= 11 is 0. The average Bonchev–Trinajstić information content (AvgIpc) is 3.23. The number of hydrogen-bond donors (Lipinski definition) is 1. The van der Waals surface area contributed by atoms with E-state index in [2.05, 4.69) is 34.0 Å². The zero-order chi connectivity index (χ0) is 22.7. The van der Waals surface area contributed by atoms with Crippen LogP contribution in [0.3, 0.4) is 0 Å². The number of benzene rings is 1. The minimum atomic E-state index is -0.804. The summed E-state index contributed by atoms with van der Waals surface area (Å²) in [5.74, 6) is 0.197. The number of piperazine rings is 1. The summed E-state index contributed by atoms with van der Waals surface area (Å²) in [4.78, 5) is 18.9. The molecule has 0 atom stereocenters. The van der Waals surface area contributed by atoms with Crippen molar-refractivity contribution in [2.45, 2.75) is 19.8 Å². The molecule has 1 aromatic carbocycles. The molecule has 9 heteroatoms. The van der Waals surface area contributed by atoms with Crippen LogP contribution in [0.4, 0.5) is 26.2 Å². The van der Waals surface area contributed by atoms with E-state index in [9.17, 15) is 4.79 Å². The molecule has 1 aromatic heterocycles. The third-order valence-corrected chi connectivity index (χ3v) is 6.15. The molecule has 4 rings (SSSR count). The van der Waals surface area contributed by atoms with Gasteiger partial charge in [0, 0.05) is 51.4 Å². The summed E-state index contributed by atoms with van der Waals surface area (Å²) in [6, 6.07) is 7.84. The van der Waals surface area contributed by atoms with Crippen molar-refractivity contribution in [3.05, 3.63) is 35.8 Å². The second kappa shape index (κ2) is 9.49. The van der Waals surface area contributed by atoms with Gasteiger partial charge in [-0.15, -0.1) is 0 Å². The number of halogens is 1. The van der Waals surface area contributed by atoms with Crippen molar-refractivity contribution in [2.75, 3.05) is 61.4 Å². The highest BCUT2D eigenvalue weighted by Crippen LogP contribution is 2.36. The number of amides is 1. The molecule has 3 heterocycles. The summed E-state index contributed by atoms with van der Waals surface area (Å²) in [5, 5.41) is 11.5. The van der Waals surface area contributed by atoms with Gasteiger partial charge in [-0.3, -0.25) is 5.32 Å². The lowest BCUT2D eigenvalue weighted by atomic mass is 9.98. The van der Waals surface area contributed by atoms with E-state index in [4.69, 9.17) is 14.4 Å². The Hall–Kier alpha value is -3.25. The molecule has 2 aromatic rings. The van der Waals surface area contributed by atoms with Crippen molar-refractivity contribution >= 4 is 23.2 Å². The number of anilines is 3. The average molecular weight is 442 g/mol. The standard InChI is InChI=1S/C23H28FN5O3/c1-16-5-7-28(8-6-16)21-14-20(29-11-9-27(2)10-12-29)18(24)13-19(21)26-23(30)32-22-4-3-17(15-25)31-22/h3-4,13-14,16H,5-12H2,1-2H3,(H,26,30). The van der Waals surface area contributed by atoms with Crippen molar-refractivity contribution in [3.63, 3.8) is 0 Å². The molecule has 2 aliphatic heterocycles. The van der Waals surface area contributed by atoms with E-state index in [0.29, 0.717) is 17.3 Å². The number of nitrogens with one attached hydrogen (secondary N) is 1. The Labute approximate surface area is 187 Å². The molecule has 1 amide bonds. The first-order valence-electron chi connectivity index (χ1n) is 10.9. The largest absolute Gasteiger partial charge is 0.419 e. The summed E-state index contributed by atoms with van der Waals surface area (Å²) in [5.41, 5.74) is 1.68. The van der Waals surface area contributed by atoms with Crippen LogP contribution in [-0.4, -0.2) is 57.3 Å². The van der Waals surface area contributed by atoms with Gasteiger partial charge in [-0.25, -0.2) is 9.18 Å². The van der Waals surface area contributed by atoms with Gasteiger partial charge in [-0.05, 0) is 37.9 Å². The molecule has 0 saturated carbocycles. The van der Waals surface area contributed by atoms with Crippen LogP contribution in [0.5, 0.6) is 5.95 Å². The van der Waals surface area contributed by atoms with Crippen LogP contribution in [0.25, 0.3) is 0 Å². The lowest BCUT2D eigenvalue weighted by Gasteiger charge is -2.37. The molecule has 0 radical (unpaired) electrons. The number of hydrogen-bond acceptors (Lipinski definition) is 7. The van der Waals surface area contributed by atoms with Crippen LogP contribution in [0, 0.1) is 23.1 Å². The maximum absolute atomic E-state index is 15.1. The normalized spacial score (nSPS) is 17.8. The van der Waals surface area contributed by atoms with Gasteiger partial charge < -0.3 is 23.9 Å². The molecule has 0 bridgehead atoms. The van der Waals surface area contributed by atoms with E-state index < -0.39 is 6.09 Å². The van der Waals surface area contributed by atoms with E-state index in [0.717, 1.165) is 57.8 Å². The number of carbonyl (C=O) groups is 1. The highest BCUT2D eigenvalue weighted by molar-refractivity contribution is 5.92. The smallest absolute Gasteiger partial charge is 0.414 e. The van der Waals surface area contributed by atoms with Gasteiger partial charge in [0.1, 0.15) is 11.9 Å². The first kappa shape index (κ1) is 22.0. The zero-order valence-corrected chi connectivity index (χ0v) is 18.4. The quantitative estimate of drug-likeness (QED) is 0.770. The van der Waals surface area contributed by atoms with Gasteiger partial charge in [-0.2, -0.15) is 5.26 Å². The maximum atomic E-state index is 15.1. The monoisotopic (exact) mass is 441 g/mol. The summed E-state index contributed by atoms with van der Waals surface area (Å²) in [6.45, 7) is 7.14. The molecule has 2 fully saturated rings. The number of rotatable bonds is 4. The third kappa shape index (κ3) is 4.97. The highest BCUT2D eigenvalue weighted by Gasteiger charge is 2.25. The number of nitrogens with zero attached hydrogens (tertiary/aromatic N) is 4. The minimum absolute atomic E-state index is 0.0403. The first-order valence-corrected chi connectivity index (χ1v) is 10.9. The van der Waals surface area contributed by atoms with E-state index >= 15 is 4.39 Å². The molecule has 0 unspecified atom stereocenters. The summed E-state index contributed by atoms with van der Waals surface area (Å²) in [6.07, 6.45) is 1.27. The van der Waals surface area contributed by atoms with Crippen LogP contribution in [0.1, 0.15) is 25.5 Å². The van der Waals surface area contributed by atoms with E-state index in [1.54, 1.807) is 0 Å². The highest BCUT2D eigenvalue weighted by atomic mass is 19.1. The van der Waals surface area contributed by atoms with E-state index in [1.165, 1.54) is 18.2 Å². The van der Waals surface area contributed by atoms with Crippen molar-refractivity contribution in [1.29, 1.82) is 5.26 Å². The predicted octanol–water partition coefficient (Wildman–Crippen LogP) is 3.89. The molecule has 1 N–H and O–H groups in total. The molecule has 0 aliphatic carbocycles. The second-order valence-corrected chi connectivity index (χ2v) is 8.53. The number of ether oxygens (including phenoxy) is 1. The minimum Gasteiger partial charge on any atom is -0.414 e. The lowest BCUT2D eigenvalue weighted by molar-refractivity contribution is 0.202. The van der Waals surface area contributed by atoms with Crippen LogP contribution in [0.2, 0.25) is 0 Å². The molecule has 0 spiro atoms. The van der Waals surface area contributed by atoms with Gasteiger partial charge >= 0.3 is 6.09 Å². The molecule has 8 nitrogen and oxygen atoms in total. The van der Waals surface area contributed by atoms with Crippen molar-refractivity contribution in [2.24, 2.45) is 5.92 Å². The van der Waals surface area contributed by atoms with Gasteiger partial charge in [0.25, 0.3) is 5.95 Å². The Balaban J connectivity index is 1.58. The van der Waals surface area contributed by atoms with Crippen LogP contribution >= 0.6 is 0 Å². The second-order valence-electron chi connectivity index (χ2n) is 8.53. The van der Waals surface area contributed by atoms with Crippen molar-refractivity contribution in [3.8, 4) is 12.0 Å². The van der Waals surface area contributed by atoms with Crippen molar-refractivity contribution < 1.29 is 18.3 Å². The summed E-state index contributed by atoms with van der Waals surface area (Å²) in [7, 11) is 2.06. The van der Waals surface area contributed by atoms with Crippen LogP contribution < -0.4 is 19.9 Å². The Kier molecular flexibility index (Phi) is 6.51. The van der Waals surface area contributed by atoms with Gasteiger partial charge in [0.15, 0.2) is 0 Å². The number of nitriles is 1. The van der Waals surface area contributed by atoms with E-state index in [-0.39, 0.29) is 17.5 Å². The van der Waals surface area contributed by atoms with Crippen molar-refractivity contribution in [1.82, 2.24) is 4.90 Å². The molecular weight excluding hydrogens is 413 g/mol. The SMILES string of the molecule is CC1CCN(c2cc(N3CCN(C)CC3)c(F)cc2NC(=O)Oc2ccc(C#N)o2)CC1. The fourth-order valence-corrected chi connectivity index (χ4v) is 4.11. The fourth-order valence-electron chi connectivity index (χ4n) is 4.11. The van der Waals surface area contributed by atoms with Crippen LogP contribution in [0.15, 0.2) is 28.7 Å². The molecule has 170 valence electrons. The zero-order valence-electron chi connectivity index (χ0n) is 18.4. The van der Waals surface area contributed by atoms with Gasteiger partial charge in [0.2, 0.25) is 5.76 Å². The van der Waals surface area contributed by atoms with Gasteiger partial charge in [-0.1, -0.05) is 6.92 Å². The number of likely N-dealkylation sites (N-methyl/N-ethyl adjacent to an activating group) is 1. The maximum Gasteiger partial charge on any atom is 0.419 e. The van der Waals surface area contributed by atoms with Crippen LogP contribution in [-0.2, 0) is 0 Å². The number of carbonyl (C=O) groups excluding carboxylic acids is 1. The number of piperidine rings is 1. The number of furan rings is 1. The Bertz CT molecular complexity index is 1000. The predicted molar refractivity (Wildman–Crippen MR) is 120 cm³/mol. The topological polar surface area (TPSA) is 85.0 Å². The molecule has 2 aliphatic rings. The fraction of sp³-hybridized carbons (Fsp3) is 0.478. The molecular formula is C23H28FN5O3. The van der Waals surface area contributed by atoms with E-state index in [1.807, 2.05) is 12.1 Å². The lowest BCUT2D eigenvalue weighted by Crippen LogP contribution is -2.45. The first-order chi connectivity index (χ1) is 15.4. The summed E-state index contributed by atoms with van der Waals surface area (Å²) < 4.78 is 25.4. The molecule has 32 heavy (non-hydrogen) atoms. The Morgan fingerprint density at radius 2 is 1.81 bits per heavy atom. The third-order valence-electron chi connectivity index (χ3n) is 6.15. The van der Waals surface area contributed by atoms with Gasteiger partial charge in [0.05, 0.1) is 17.1 Å². The Morgan fingerprint density at radius 3 is 2.47 bits per heavy atom. The molecule has 2 saturated heterocycles. The Morgan fingerprint density at radius 1 is 1.12 bits per heavy atom.